The summed E-state index contributed by atoms with van der Waals surface area (Å²) in [5.41, 5.74) is 1.08. The van der Waals surface area contributed by atoms with E-state index in [-0.39, 0.29) is 11.3 Å². The maximum Gasteiger partial charge on any atom is 0.265 e. The molecule has 0 bridgehead atoms. The Kier molecular flexibility index (Phi) is 8.18. The van der Waals surface area contributed by atoms with E-state index in [1.807, 2.05) is 6.07 Å². The van der Waals surface area contributed by atoms with E-state index in [2.05, 4.69) is 24.3 Å². The second-order valence-electron chi connectivity index (χ2n) is 6.70. The van der Waals surface area contributed by atoms with Gasteiger partial charge in [0.15, 0.2) is 0 Å². The highest BCUT2D eigenvalue weighted by Gasteiger charge is 2.32. The number of carbonyl (C=O) groups excluding carboxylic acids is 1. The summed E-state index contributed by atoms with van der Waals surface area (Å²) in [6.07, 6.45) is 4.85. The molecule has 0 radical (unpaired) electrons. The monoisotopic (exact) mass is 408 g/mol. The number of carbonyl (C=O) groups is 1. The lowest BCUT2D eigenvalue weighted by Gasteiger charge is -2.29. The number of rotatable bonds is 11. The van der Waals surface area contributed by atoms with Gasteiger partial charge in [-0.2, -0.15) is 0 Å². The summed E-state index contributed by atoms with van der Waals surface area (Å²) in [6, 6.07) is 6.99. The molecule has 154 valence electrons. The number of nitrogens with zero attached hydrogens (tertiary/aromatic N) is 1. The van der Waals surface area contributed by atoms with Crippen LogP contribution in [0.1, 0.15) is 62.0 Å². The number of unbranched alkanes of at least 4 members (excludes halogenated alkanes) is 1. The zero-order valence-electron chi connectivity index (χ0n) is 17.0. The molecule has 0 aliphatic heterocycles. The first-order valence-corrected chi connectivity index (χ1v) is 10.1. The molecule has 1 aromatic heterocycles. The Morgan fingerprint density at radius 1 is 1.18 bits per heavy atom. The minimum absolute atomic E-state index is 0.0827. The summed E-state index contributed by atoms with van der Waals surface area (Å²) in [6.45, 7) is 4.30. The van der Waals surface area contributed by atoms with E-state index in [4.69, 9.17) is 25.6 Å². The van der Waals surface area contributed by atoms with Gasteiger partial charge in [-0.25, -0.2) is 0 Å². The van der Waals surface area contributed by atoms with E-state index in [9.17, 15) is 4.79 Å². The van der Waals surface area contributed by atoms with Crippen LogP contribution in [0.5, 0.6) is 11.5 Å². The van der Waals surface area contributed by atoms with Crippen molar-refractivity contribution in [2.45, 2.75) is 51.4 Å². The normalized spacial score (nSPS) is 11.3. The largest absolute Gasteiger partial charge is 0.496 e. The van der Waals surface area contributed by atoms with Gasteiger partial charge in [-0.1, -0.05) is 31.5 Å². The second-order valence-corrected chi connectivity index (χ2v) is 7.08. The molecule has 0 unspecified atom stereocenters. The average molecular weight is 409 g/mol. The lowest BCUT2D eigenvalue weighted by molar-refractivity contribution is 0.101. The third kappa shape index (κ3) is 4.79. The molecule has 0 fully saturated rings. The Labute approximate surface area is 171 Å². The minimum Gasteiger partial charge on any atom is -0.496 e. The van der Waals surface area contributed by atoms with Crippen molar-refractivity contribution in [3.8, 4) is 11.5 Å². The van der Waals surface area contributed by atoms with E-state index < -0.39 is 0 Å². The van der Waals surface area contributed by atoms with E-state index >= 15 is 0 Å². The number of halogens is 1. The molecule has 28 heavy (non-hydrogen) atoms. The zero-order valence-corrected chi connectivity index (χ0v) is 17.8. The number of aromatic nitrogens is 1. The number of benzene rings is 1. The molecular weight excluding hydrogens is 380 g/mol. The van der Waals surface area contributed by atoms with Gasteiger partial charge in [0.05, 0.1) is 19.9 Å². The van der Waals surface area contributed by atoms with E-state index in [1.54, 1.807) is 18.2 Å². The summed E-state index contributed by atoms with van der Waals surface area (Å²) in [5, 5.41) is 7.02. The number of hydrogen-bond acceptors (Lipinski definition) is 5. The van der Waals surface area contributed by atoms with Crippen LogP contribution < -0.4 is 14.8 Å². The third-order valence-corrected chi connectivity index (χ3v) is 5.60. The Balaban J connectivity index is 2.23. The highest BCUT2D eigenvalue weighted by atomic mass is 35.5. The van der Waals surface area contributed by atoms with E-state index in [0.717, 1.165) is 37.8 Å². The van der Waals surface area contributed by atoms with E-state index in [1.165, 1.54) is 14.2 Å². The van der Waals surface area contributed by atoms with Crippen molar-refractivity contribution < 1.29 is 18.8 Å². The van der Waals surface area contributed by atoms with Crippen LogP contribution >= 0.6 is 11.6 Å². The fraction of sp³-hybridized carbons (Fsp3) is 0.524. The number of methoxy groups -OCH3 is 2. The van der Waals surface area contributed by atoms with Crippen molar-refractivity contribution in [3.63, 3.8) is 0 Å². The first-order chi connectivity index (χ1) is 13.5. The molecule has 0 spiro atoms. The summed E-state index contributed by atoms with van der Waals surface area (Å²) in [4.78, 5) is 12.8. The van der Waals surface area contributed by atoms with Gasteiger partial charge in [0.25, 0.3) is 5.91 Å². The molecule has 0 saturated carbocycles. The van der Waals surface area contributed by atoms with Crippen LogP contribution in [0.25, 0.3) is 0 Å². The molecule has 0 aliphatic rings. The van der Waals surface area contributed by atoms with Crippen molar-refractivity contribution in [2.75, 3.05) is 25.4 Å². The molecule has 7 heteroatoms. The van der Waals surface area contributed by atoms with Gasteiger partial charge in [-0.05, 0) is 37.8 Å². The second kappa shape index (κ2) is 10.4. The molecule has 1 heterocycles. The topological polar surface area (TPSA) is 73.6 Å². The van der Waals surface area contributed by atoms with Gasteiger partial charge in [0.2, 0.25) is 5.88 Å². The molecule has 0 saturated heterocycles. The van der Waals surface area contributed by atoms with Crippen molar-refractivity contribution >= 4 is 23.4 Å². The van der Waals surface area contributed by atoms with Gasteiger partial charge in [0.1, 0.15) is 17.1 Å². The number of amides is 1. The van der Waals surface area contributed by atoms with Crippen LogP contribution in [0.2, 0.25) is 0 Å². The summed E-state index contributed by atoms with van der Waals surface area (Å²) >= 11 is 5.83. The predicted molar refractivity (Wildman–Crippen MR) is 111 cm³/mol. The zero-order chi connectivity index (χ0) is 20.6. The number of hydrogen-bond donors (Lipinski definition) is 1. The summed E-state index contributed by atoms with van der Waals surface area (Å²) in [7, 11) is 3.02. The van der Waals surface area contributed by atoms with Crippen LogP contribution in [0, 0.1) is 0 Å². The van der Waals surface area contributed by atoms with Crippen LogP contribution in [0.4, 0.5) is 5.88 Å². The quantitative estimate of drug-likeness (QED) is 0.397. The van der Waals surface area contributed by atoms with Gasteiger partial charge < -0.3 is 14.0 Å². The third-order valence-electron chi connectivity index (χ3n) is 5.34. The average Bonchev–Trinajstić information content (AvgIpc) is 3.19. The van der Waals surface area contributed by atoms with Gasteiger partial charge in [0, 0.05) is 17.4 Å². The van der Waals surface area contributed by atoms with Crippen molar-refractivity contribution in [2.24, 2.45) is 0 Å². The summed E-state index contributed by atoms with van der Waals surface area (Å²) in [5.74, 6) is 1.43. The van der Waals surface area contributed by atoms with Crippen molar-refractivity contribution in [1.82, 2.24) is 5.16 Å². The van der Waals surface area contributed by atoms with E-state index in [0.29, 0.717) is 28.8 Å². The Morgan fingerprint density at radius 3 is 2.36 bits per heavy atom. The van der Waals surface area contributed by atoms with Crippen molar-refractivity contribution in [1.29, 1.82) is 0 Å². The number of ether oxygens (including phenoxy) is 2. The van der Waals surface area contributed by atoms with Crippen LogP contribution in [-0.4, -0.2) is 31.2 Å². The lowest BCUT2D eigenvalue weighted by atomic mass is 9.75. The molecular formula is C21H29ClN2O4. The Morgan fingerprint density at radius 2 is 1.82 bits per heavy atom. The molecule has 0 atom stereocenters. The fourth-order valence-electron chi connectivity index (χ4n) is 3.49. The summed E-state index contributed by atoms with van der Waals surface area (Å²) < 4.78 is 16.0. The smallest absolute Gasteiger partial charge is 0.265 e. The fourth-order valence-corrected chi connectivity index (χ4v) is 3.67. The highest BCUT2D eigenvalue weighted by Crippen LogP contribution is 2.37. The van der Waals surface area contributed by atoms with Gasteiger partial charge in [-0.3, -0.25) is 10.1 Å². The van der Waals surface area contributed by atoms with Gasteiger partial charge in [-0.15, -0.1) is 11.6 Å². The standard InChI is InChI=1S/C21H29ClN2O4/c1-5-21(6-2,12-7-8-13-22)17-14-18(28-24-17)23-20(25)19-15(26-3)10-9-11-16(19)27-4/h9-11,14H,5-8,12-13H2,1-4H3,(H,23,25). The molecule has 2 aromatic rings. The van der Waals surface area contributed by atoms with Crippen molar-refractivity contribution in [3.05, 3.63) is 35.5 Å². The van der Waals surface area contributed by atoms with Crippen LogP contribution in [0.15, 0.2) is 28.8 Å². The lowest BCUT2D eigenvalue weighted by Crippen LogP contribution is -2.25. The number of anilines is 1. The molecule has 6 nitrogen and oxygen atoms in total. The van der Waals surface area contributed by atoms with Gasteiger partial charge >= 0.3 is 0 Å². The highest BCUT2D eigenvalue weighted by molar-refractivity contribution is 6.17. The number of alkyl halides is 1. The predicted octanol–water partition coefficient (Wildman–Crippen LogP) is 5.41. The first kappa shape index (κ1) is 22.1. The number of nitrogens with one attached hydrogen (secondary N) is 1. The molecule has 1 N–H and O–H groups in total. The van der Waals surface area contributed by atoms with Crippen LogP contribution in [-0.2, 0) is 5.41 Å². The molecule has 1 amide bonds. The molecule has 0 aliphatic carbocycles. The minimum atomic E-state index is -0.377. The Hall–Kier alpha value is -2.21. The molecule has 1 aromatic carbocycles. The Bertz CT molecular complexity index is 749. The molecule has 2 rings (SSSR count). The van der Waals surface area contributed by atoms with Crippen LogP contribution in [0.3, 0.4) is 0 Å². The SMILES string of the molecule is CCC(CC)(CCCCCl)c1cc(NC(=O)c2c(OC)cccc2OC)on1. The maximum absolute atomic E-state index is 12.8. The first-order valence-electron chi connectivity index (χ1n) is 9.60. The maximum atomic E-state index is 12.8.